The summed E-state index contributed by atoms with van der Waals surface area (Å²) < 4.78 is 24.6. The fourth-order valence-corrected chi connectivity index (χ4v) is 7.59. The molecule has 0 bridgehead atoms. The van der Waals surface area contributed by atoms with Crippen LogP contribution in [0.3, 0.4) is 0 Å². The van der Waals surface area contributed by atoms with Crippen LogP contribution in [0, 0.1) is 0 Å². The first-order chi connectivity index (χ1) is 24.0. The summed E-state index contributed by atoms with van der Waals surface area (Å²) in [6.07, 6.45) is 4.65. The Morgan fingerprint density at radius 3 is 2.37 bits per heavy atom. The van der Waals surface area contributed by atoms with Gasteiger partial charge in [0.05, 0.1) is 45.2 Å². The molecular formula is C39H45N5O5. The van der Waals surface area contributed by atoms with Crippen molar-refractivity contribution < 1.29 is 23.4 Å². The monoisotopic (exact) mass is 663 g/mol. The van der Waals surface area contributed by atoms with Crippen molar-refractivity contribution in [2.75, 3.05) is 72.0 Å². The first-order valence-electron chi connectivity index (χ1n) is 17.1. The minimum atomic E-state index is -0.138. The van der Waals surface area contributed by atoms with E-state index in [0.717, 1.165) is 74.7 Å². The molecule has 2 aliphatic rings. The predicted octanol–water partition coefficient (Wildman–Crippen LogP) is 6.09. The molecule has 0 N–H and O–H groups in total. The van der Waals surface area contributed by atoms with Crippen LogP contribution in [-0.2, 0) is 12.0 Å². The number of rotatable bonds is 11. The van der Waals surface area contributed by atoms with Crippen LogP contribution in [0.25, 0.3) is 11.0 Å². The molecular weight excluding hydrogens is 618 g/mol. The highest BCUT2D eigenvalue weighted by molar-refractivity contribution is 5.96. The van der Waals surface area contributed by atoms with Crippen LogP contribution >= 0.6 is 0 Å². The summed E-state index contributed by atoms with van der Waals surface area (Å²) in [5, 5.41) is 0. The number of ether oxygens (including phenoxy) is 3. The van der Waals surface area contributed by atoms with Crippen molar-refractivity contribution in [1.82, 2.24) is 19.4 Å². The van der Waals surface area contributed by atoms with Gasteiger partial charge in [0, 0.05) is 43.7 Å². The molecule has 2 saturated heterocycles. The van der Waals surface area contributed by atoms with Crippen LogP contribution in [0.4, 0.5) is 5.95 Å². The lowest BCUT2D eigenvalue weighted by Gasteiger charge is -2.33. The topological polar surface area (TPSA) is 85.4 Å². The average molecular weight is 664 g/mol. The lowest BCUT2D eigenvalue weighted by Crippen LogP contribution is -2.39. The molecule has 0 saturated carbocycles. The van der Waals surface area contributed by atoms with Crippen LogP contribution in [0.2, 0.25) is 0 Å². The number of fused-ring (bicyclic) bond motifs is 1. The SMILES string of the molecule is COc1cc(C(=O)N2CCC(CCN3CCCN(c4nc5ccccc5n4Cc4ccco4)CC3)(c3ccccc3)C2)cc(OC)c1OC. The Bertz CT molecular complexity index is 1850. The van der Waals surface area contributed by atoms with Crippen molar-refractivity contribution in [3.05, 3.63) is 102 Å². The number of amides is 1. The summed E-state index contributed by atoms with van der Waals surface area (Å²) in [6, 6.07) is 26.5. The Morgan fingerprint density at radius 2 is 1.63 bits per heavy atom. The number of carbonyl (C=O) groups is 1. The Balaban J connectivity index is 1.07. The van der Waals surface area contributed by atoms with Crippen molar-refractivity contribution in [3.63, 3.8) is 0 Å². The zero-order valence-corrected chi connectivity index (χ0v) is 28.6. The summed E-state index contributed by atoms with van der Waals surface area (Å²) in [7, 11) is 4.71. The standard InChI is InChI=1S/C39H45N5O5/c1-46-34-25-29(26-35(47-2)36(34)48-3)37(45)43-21-17-39(28-43,30-11-5-4-6-12-30)16-20-41-18-10-19-42(23-22-41)38-40-32-14-7-8-15-33(32)44(38)27-31-13-9-24-49-31/h4-9,11-15,24-26H,10,16-23,27-28H2,1-3H3. The first-order valence-corrected chi connectivity index (χ1v) is 17.1. The molecule has 1 unspecified atom stereocenters. The van der Waals surface area contributed by atoms with E-state index in [4.69, 9.17) is 23.6 Å². The maximum atomic E-state index is 14.0. The zero-order valence-electron chi connectivity index (χ0n) is 28.6. The third-order valence-electron chi connectivity index (χ3n) is 10.2. The Kier molecular flexibility index (Phi) is 9.48. The van der Waals surface area contributed by atoms with Crippen molar-refractivity contribution in [2.24, 2.45) is 0 Å². The van der Waals surface area contributed by atoms with E-state index in [0.29, 0.717) is 42.4 Å². The predicted molar refractivity (Wildman–Crippen MR) is 190 cm³/mol. The average Bonchev–Trinajstić information content (AvgIpc) is 3.87. The summed E-state index contributed by atoms with van der Waals surface area (Å²) in [5.74, 6) is 3.32. The molecule has 49 heavy (non-hydrogen) atoms. The maximum Gasteiger partial charge on any atom is 0.254 e. The van der Waals surface area contributed by atoms with Gasteiger partial charge in [-0.1, -0.05) is 42.5 Å². The van der Waals surface area contributed by atoms with Crippen LogP contribution in [-0.4, -0.2) is 92.4 Å². The van der Waals surface area contributed by atoms with E-state index in [9.17, 15) is 4.79 Å². The number of hydrogen-bond acceptors (Lipinski definition) is 8. The van der Waals surface area contributed by atoms with Crippen LogP contribution in [0.1, 0.15) is 40.9 Å². The van der Waals surface area contributed by atoms with Crippen LogP contribution in [0.5, 0.6) is 17.2 Å². The summed E-state index contributed by atoms with van der Waals surface area (Å²) in [5.41, 5.74) is 3.80. The molecule has 10 heteroatoms. The second-order valence-corrected chi connectivity index (χ2v) is 13.0. The highest BCUT2D eigenvalue weighted by Gasteiger charge is 2.42. The van der Waals surface area contributed by atoms with Gasteiger partial charge in [0.15, 0.2) is 11.5 Å². The minimum absolute atomic E-state index is 0.0279. The molecule has 2 aliphatic heterocycles. The molecule has 2 aromatic heterocycles. The number of carbonyl (C=O) groups excluding carboxylic acids is 1. The highest BCUT2D eigenvalue weighted by atomic mass is 16.5. The number of nitrogens with zero attached hydrogens (tertiary/aromatic N) is 5. The normalized spacial score (nSPS) is 18.5. The smallest absolute Gasteiger partial charge is 0.254 e. The van der Waals surface area contributed by atoms with E-state index < -0.39 is 0 Å². The Morgan fingerprint density at radius 1 is 0.857 bits per heavy atom. The fraction of sp³-hybridized carbons (Fsp3) is 0.385. The number of methoxy groups -OCH3 is 3. The Hall–Kier alpha value is -4.96. The first kappa shape index (κ1) is 32.6. The molecule has 1 atom stereocenters. The molecule has 0 aliphatic carbocycles. The maximum absolute atomic E-state index is 14.0. The van der Waals surface area contributed by atoms with Crippen molar-refractivity contribution in [2.45, 2.75) is 31.2 Å². The summed E-state index contributed by atoms with van der Waals surface area (Å²) in [6.45, 7) is 6.75. The molecule has 1 amide bonds. The van der Waals surface area contributed by atoms with Gasteiger partial charge in [0.2, 0.25) is 11.7 Å². The molecule has 10 nitrogen and oxygen atoms in total. The third-order valence-corrected chi connectivity index (χ3v) is 10.2. The number of hydrogen-bond donors (Lipinski definition) is 0. The van der Waals surface area contributed by atoms with Gasteiger partial charge in [-0.2, -0.15) is 0 Å². The number of aromatic nitrogens is 2. The van der Waals surface area contributed by atoms with Crippen LogP contribution < -0.4 is 19.1 Å². The molecule has 4 heterocycles. The van der Waals surface area contributed by atoms with Gasteiger partial charge in [-0.3, -0.25) is 4.79 Å². The molecule has 256 valence electrons. The second kappa shape index (κ2) is 14.3. The van der Waals surface area contributed by atoms with Crippen molar-refractivity contribution >= 4 is 22.9 Å². The van der Waals surface area contributed by atoms with Crippen LogP contribution in [0.15, 0.2) is 89.5 Å². The molecule has 5 aromatic rings. The number of anilines is 1. The highest BCUT2D eigenvalue weighted by Crippen LogP contribution is 2.41. The Labute approximate surface area is 287 Å². The number of benzene rings is 3. The second-order valence-electron chi connectivity index (χ2n) is 13.0. The largest absolute Gasteiger partial charge is 0.493 e. The van der Waals surface area contributed by atoms with Gasteiger partial charge in [0.25, 0.3) is 5.91 Å². The number of para-hydroxylation sites is 2. The van der Waals surface area contributed by atoms with Gasteiger partial charge in [-0.05, 0) is 74.3 Å². The van der Waals surface area contributed by atoms with E-state index >= 15 is 0 Å². The third kappa shape index (κ3) is 6.57. The number of furan rings is 1. The van der Waals surface area contributed by atoms with Gasteiger partial charge < -0.3 is 37.9 Å². The molecule has 2 fully saturated rings. The van der Waals surface area contributed by atoms with E-state index in [1.807, 2.05) is 23.1 Å². The quantitative estimate of drug-likeness (QED) is 0.168. The van der Waals surface area contributed by atoms with E-state index in [-0.39, 0.29) is 11.3 Å². The minimum Gasteiger partial charge on any atom is -0.493 e. The molecule has 7 rings (SSSR count). The number of imidazole rings is 1. The van der Waals surface area contributed by atoms with Crippen molar-refractivity contribution in [1.29, 1.82) is 0 Å². The lowest BCUT2D eigenvalue weighted by molar-refractivity contribution is 0.0780. The summed E-state index contributed by atoms with van der Waals surface area (Å²) in [4.78, 5) is 26.1. The fourth-order valence-electron chi connectivity index (χ4n) is 7.59. The summed E-state index contributed by atoms with van der Waals surface area (Å²) >= 11 is 0. The van der Waals surface area contributed by atoms with Gasteiger partial charge in [-0.15, -0.1) is 0 Å². The molecule has 0 spiro atoms. The zero-order chi connectivity index (χ0) is 33.8. The van der Waals surface area contributed by atoms with Crippen molar-refractivity contribution in [3.8, 4) is 17.2 Å². The van der Waals surface area contributed by atoms with E-state index in [1.165, 1.54) is 5.56 Å². The van der Waals surface area contributed by atoms with E-state index in [2.05, 4.69) is 62.9 Å². The lowest BCUT2D eigenvalue weighted by atomic mass is 9.76. The van der Waals surface area contributed by atoms with Gasteiger partial charge >= 0.3 is 0 Å². The number of likely N-dealkylation sites (tertiary alicyclic amines) is 1. The van der Waals surface area contributed by atoms with E-state index in [1.54, 1.807) is 39.7 Å². The van der Waals surface area contributed by atoms with Gasteiger partial charge in [0.1, 0.15) is 5.76 Å². The van der Waals surface area contributed by atoms with Gasteiger partial charge in [-0.25, -0.2) is 4.98 Å². The molecule has 0 radical (unpaired) electrons. The molecule has 3 aromatic carbocycles.